The molecule has 0 atom stereocenters. The van der Waals surface area contributed by atoms with Crippen LogP contribution in [0.25, 0.3) is 21.9 Å². The molecule has 0 radical (unpaired) electrons. The molecular formula is C23H28N8O. The first-order chi connectivity index (χ1) is 15.5. The lowest BCUT2D eigenvalue weighted by Gasteiger charge is -2.34. The fourth-order valence-electron chi connectivity index (χ4n) is 4.11. The van der Waals surface area contributed by atoms with Crippen molar-refractivity contribution >= 4 is 39.3 Å². The number of hydrogen-bond donors (Lipinski definition) is 1. The molecule has 0 amide bonds. The summed E-state index contributed by atoms with van der Waals surface area (Å²) in [5.41, 5.74) is 4.55. The number of piperazine rings is 1. The van der Waals surface area contributed by atoms with Gasteiger partial charge < -0.3 is 19.9 Å². The molecule has 0 spiro atoms. The number of nitrogens with zero attached hydrogens (tertiary/aromatic N) is 7. The van der Waals surface area contributed by atoms with Gasteiger partial charge in [0.2, 0.25) is 5.95 Å². The highest BCUT2D eigenvalue weighted by Crippen LogP contribution is 2.32. The van der Waals surface area contributed by atoms with Crippen LogP contribution in [0.2, 0.25) is 0 Å². The van der Waals surface area contributed by atoms with Crippen LogP contribution in [-0.2, 0) is 0 Å². The van der Waals surface area contributed by atoms with Crippen LogP contribution in [0.4, 0.5) is 17.3 Å². The normalized spacial score (nSPS) is 15.1. The Morgan fingerprint density at radius 2 is 1.88 bits per heavy atom. The lowest BCUT2D eigenvalue weighted by Crippen LogP contribution is -2.44. The zero-order valence-corrected chi connectivity index (χ0v) is 18.9. The van der Waals surface area contributed by atoms with Gasteiger partial charge in [-0.1, -0.05) is 5.21 Å². The van der Waals surface area contributed by atoms with Crippen LogP contribution in [0.5, 0.6) is 5.75 Å². The summed E-state index contributed by atoms with van der Waals surface area (Å²) in [6, 6.07) is 10.3. The van der Waals surface area contributed by atoms with Crippen molar-refractivity contribution in [3.8, 4) is 5.75 Å². The molecule has 0 saturated carbocycles. The van der Waals surface area contributed by atoms with Crippen molar-refractivity contribution in [3.63, 3.8) is 0 Å². The highest BCUT2D eigenvalue weighted by atomic mass is 16.5. The van der Waals surface area contributed by atoms with Crippen LogP contribution >= 0.6 is 0 Å². The van der Waals surface area contributed by atoms with Crippen molar-refractivity contribution in [1.29, 1.82) is 0 Å². The highest BCUT2D eigenvalue weighted by Gasteiger charge is 2.17. The molecule has 166 valence electrons. The SMILES string of the molecule is COc1cc(N2CCN(C)CC2)ccc1Nc1ncc2ccc3nnn(C(C)C)c3c2n1. The van der Waals surface area contributed by atoms with Crippen LogP contribution in [0.3, 0.4) is 0 Å². The number of fused-ring (bicyclic) bond motifs is 3. The molecule has 32 heavy (non-hydrogen) atoms. The first kappa shape index (κ1) is 20.4. The number of likely N-dealkylation sites (N-methyl/N-ethyl adjacent to an activating group) is 1. The Hall–Kier alpha value is -3.46. The van der Waals surface area contributed by atoms with E-state index in [0.717, 1.165) is 65.2 Å². The Kier molecular flexibility index (Phi) is 5.26. The van der Waals surface area contributed by atoms with Gasteiger partial charge in [0.1, 0.15) is 22.3 Å². The van der Waals surface area contributed by atoms with E-state index in [1.165, 1.54) is 0 Å². The maximum atomic E-state index is 5.69. The number of ether oxygens (including phenoxy) is 1. The Bertz CT molecular complexity index is 1260. The molecule has 2 aromatic carbocycles. The minimum Gasteiger partial charge on any atom is -0.494 e. The van der Waals surface area contributed by atoms with Crippen LogP contribution in [0.15, 0.2) is 36.5 Å². The molecule has 4 aromatic rings. The van der Waals surface area contributed by atoms with E-state index in [0.29, 0.717) is 5.95 Å². The average molecular weight is 433 g/mol. The Morgan fingerprint density at radius 3 is 2.62 bits per heavy atom. The van der Waals surface area contributed by atoms with E-state index in [-0.39, 0.29) is 6.04 Å². The molecule has 3 heterocycles. The lowest BCUT2D eigenvalue weighted by atomic mass is 10.2. The lowest BCUT2D eigenvalue weighted by molar-refractivity contribution is 0.312. The molecule has 9 nitrogen and oxygen atoms in total. The third-order valence-corrected chi connectivity index (χ3v) is 5.97. The van der Waals surface area contributed by atoms with Crippen molar-refractivity contribution in [2.24, 2.45) is 0 Å². The summed E-state index contributed by atoms with van der Waals surface area (Å²) in [5, 5.41) is 12.9. The third-order valence-electron chi connectivity index (χ3n) is 5.97. The van der Waals surface area contributed by atoms with Gasteiger partial charge in [-0.15, -0.1) is 5.10 Å². The summed E-state index contributed by atoms with van der Waals surface area (Å²) in [5.74, 6) is 1.27. The molecule has 9 heteroatoms. The minimum absolute atomic E-state index is 0.180. The van der Waals surface area contributed by atoms with E-state index in [2.05, 4.69) is 63.4 Å². The number of anilines is 3. The molecular weight excluding hydrogens is 404 g/mol. The number of benzene rings is 2. The Morgan fingerprint density at radius 1 is 1.06 bits per heavy atom. The zero-order valence-electron chi connectivity index (χ0n) is 18.9. The van der Waals surface area contributed by atoms with Crippen LogP contribution in [0.1, 0.15) is 19.9 Å². The second kappa shape index (κ2) is 8.23. The summed E-state index contributed by atoms with van der Waals surface area (Å²) in [7, 11) is 3.85. The molecule has 5 rings (SSSR count). The monoisotopic (exact) mass is 432 g/mol. The molecule has 0 aliphatic carbocycles. The van der Waals surface area contributed by atoms with E-state index in [1.54, 1.807) is 7.11 Å². The van der Waals surface area contributed by atoms with Crippen molar-refractivity contribution in [2.45, 2.75) is 19.9 Å². The van der Waals surface area contributed by atoms with E-state index >= 15 is 0 Å². The molecule has 1 fully saturated rings. The number of aromatic nitrogens is 5. The third kappa shape index (κ3) is 3.69. The first-order valence-corrected chi connectivity index (χ1v) is 10.9. The van der Waals surface area contributed by atoms with Gasteiger partial charge in [0.25, 0.3) is 0 Å². The smallest absolute Gasteiger partial charge is 0.227 e. The van der Waals surface area contributed by atoms with E-state index in [9.17, 15) is 0 Å². The van der Waals surface area contributed by atoms with Gasteiger partial charge >= 0.3 is 0 Å². The second-order valence-electron chi connectivity index (χ2n) is 8.49. The van der Waals surface area contributed by atoms with E-state index in [4.69, 9.17) is 9.72 Å². The standard InChI is InChI=1S/C23H28N8O/c1-15(2)31-22-19(27-28-31)7-5-16-14-24-23(26-21(16)22)25-18-8-6-17(13-20(18)32-4)30-11-9-29(3)10-12-30/h5-8,13-15H,9-12H2,1-4H3,(H,24,25,26). The van der Waals surface area contributed by atoms with Gasteiger partial charge in [-0.25, -0.2) is 14.6 Å². The Balaban J connectivity index is 1.48. The minimum atomic E-state index is 0.180. The number of hydrogen-bond acceptors (Lipinski definition) is 8. The Labute approximate surface area is 187 Å². The van der Waals surface area contributed by atoms with Gasteiger partial charge in [0, 0.05) is 55.6 Å². The van der Waals surface area contributed by atoms with Crippen LogP contribution in [-0.4, -0.2) is 70.2 Å². The number of methoxy groups -OCH3 is 1. The van der Waals surface area contributed by atoms with Gasteiger partial charge in [0.05, 0.1) is 12.8 Å². The van der Waals surface area contributed by atoms with Gasteiger partial charge in [-0.3, -0.25) is 0 Å². The first-order valence-electron chi connectivity index (χ1n) is 10.9. The van der Waals surface area contributed by atoms with Crippen molar-refractivity contribution in [1.82, 2.24) is 29.9 Å². The molecule has 1 saturated heterocycles. The second-order valence-corrected chi connectivity index (χ2v) is 8.49. The average Bonchev–Trinajstić information content (AvgIpc) is 3.25. The maximum Gasteiger partial charge on any atom is 0.227 e. The summed E-state index contributed by atoms with van der Waals surface area (Å²) in [4.78, 5) is 14.1. The molecule has 0 unspecified atom stereocenters. The van der Waals surface area contributed by atoms with Crippen molar-refractivity contribution in [2.75, 3.05) is 50.6 Å². The van der Waals surface area contributed by atoms with E-state index in [1.807, 2.05) is 29.1 Å². The van der Waals surface area contributed by atoms with Crippen molar-refractivity contribution in [3.05, 3.63) is 36.5 Å². The highest BCUT2D eigenvalue weighted by molar-refractivity contribution is 6.01. The molecule has 1 N–H and O–H groups in total. The predicted molar refractivity (Wildman–Crippen MR) is 127 cm³/mol. The number of nitrogens with one attached hydrogen (secondary N) is 1. The van der Waals surface area contributed by atoms with E-state index < -0.39 is 0 Å². The quantitative estimate of drug-likeness (QED) is 0.513. The summed E-state index contributed by atoms with van der Waals surface area (Å²) in [6.07, 6.45) is 1.83. The molecule has 1 aliphatic heterocycles. The fraction of sp³-hybridized carbons (Fsp3) is 0.391. The summed E-state index contributed by atoms with van der Waals surface area (Å²) < 4.78 is 7.59. The maximum absolute atomic E-state index is 5.69. The largest absolute Gasteiger partial charge is 0.494 e. The topological polar surface area (TPSA) is 84.2 Å². The molecule has 2 aromatic heterocycles. The van der Waals surface area contributed by atoms with Crippen LogP contribution in [0, 0.1) is 0 Å². The predicted octanol–water partition coefficient (Wildman–Crippen LogP) is 3.46. The van der Waals surface area contributed by atoms with Gasteiger partial charge in [-0.2, -0.15) is 0 Å². The zero-order chi connectivity index (χ0) is 22.2. The fourth-order valence-corrected chi connectivity index (χ4v) is 4.11. The molecule has 1 aliphatic rings. The van der Waals surface area contributed by atoms with Gasteiger partial charge in [-0.05, 0) is 45.2 Å². The van der Waals surface area contributed by atoms with Crippen LogP contribution < -0.4 is 15.0 Å². The molecule has 0 bridgehead atoms. The number of rotatable bonds is 5. The van der Waals surface area contributed by atoms with Gasteiger partial charge in [0.15, 0.2) is 0 Å². The summed E-state index contributed by atoms with van der Waals surface area (Å²) >= 11 is 0. The summed E-state index contributed by atoms with van der Waals surface area (Å²) in [6.45, 7) is 8.30. The van der Waals surface area contributed by atoms with Crippen molar-refractivity contribution < 1.29 is 4.74 Å².